The average Bonchev–Trinajstić information content (AvgIpc) is 2.87. The molecule has 0 spiro atoms. The van der Waals surface area contributed by atoms with Gasteiger partial charge >= 0.3 is 5.97 Å². The van der Waals surface area contributed by atoms with Crippen molar-refractivity contribution in [2.45, 2.75) is 6.42 Å². The fourth-order valence-corrected chi connectivity index (χ4v) is 1.97. The molecule has 0 saturated carbocycles. The molecule has 18 heavy (non-hydrogen) atoms. The van der Waals surface area contributed by atoms with Crippen molar-refractivity contribution in [1.82, 2.24) is 0 Å². The van der Waals surface area contributed by atoms with Gasteiger partial charge in [-0.05, 0) is 35.9 Å². The van der Waals surface area contributed by atoms with E-state index in [1.54, 1.807) is 18.2 Å². The van der Waals surface area contributed by atoms with Crippen molar-refractivity contribution in [2.24, 2.45) is 0 Å². The van der Waals surface area contributed by atoms with E-state index in [1.807, 2.05) is 30.3 Å². The molecule has 1 aliphatic rings. The number of para-hydroxylation sites is 1. The van der Waals surface area contributed by atoms with Crippen molar-refractivity contribution in [3.05, 3.63) is 59.7 Å². The van der Waals surface area contributed by atoms with Gasteiger partial charge in [0.05, 0.1) is 12.2 Å². The van der Waals surface area contributed by atoms with Crippen LogP contribution in [0.2, 0.25) is 0 Å². The third kappa shape index (κ3) is 2.07. The lowest BCUT2D eigenvalue weighted by Crippen LogP contribution is -2.08. The van der Waals surface area contributed by atoms with Gasteiger partial charge in [-0.2, -0.15) is 0 Å². The zero-order chi connectivity index (χ0) is 12.4. The number of ether oxygens (including phenoxy) is 2. The summed E-state index contributed by atoms with van der Waals surface area (Å²) in [4.78, 5) is 12.0. The zero-order valence-corrected chi connectivity index (χ0v) is 9.76. The number of benzene rings is 2. The molecule has 0 radical (unpaired) electrons. The van der Waals surface area contributed by atoms with Crippen LogP contribution >= 0.6 is 0 Å². The lowest BCUT2D eigenvalue weighted by atomic mass is 10.1. The van der Waals surface area contributed by atoms with E-state index in [9.17, 15) is 4.79 Å². The van der Waals surface area contributed by atoms with Crippen molar-refractivity contribution in [3.63, 3.8) is 0 Å². The van der Waals surface area contributed by atoms with E-state index in [2.05, 4.69) is 0 Å². The second-order valence-corrected chi connectivity index (χ2v) is 4.12. The maximum Gasteiger partial charge on any atom is 0.343 e. The molecule has 0 fully saturated rings. The Morgan fingerprint density at radius 3 is 2.78 bits per heavy atom. The van der Waals surface area contributed by atoms with Crippen molar-refractivity contribution in [3.8, 4) is 11.5 Å². The summed E-state index contributed by atoms with van der Waals surface area (Å²) in [5, 5.41) is 0. The van der Waals surface area contributed by atoms with E-state index in [0.29, 0.717) is 17.9 Å². The first-order valence-corrected chi connectivity index (χ1v) is 5.86. The third-order valence-electron chi connectivity index (χ3n) is 2.88. The number of fused-ring (bicyclic) bond motifs is 1. The molecular weight excluding hydrogens is 228 g/mol. The molecule has 0 aliphatic carbocycles. The van der Waals surface area contributed by atoms with Crippen LogP contribution in [0.3, 0.4) is 0 Å². The average molecular weight is 240 g/mol. The van der Waals surface area contributed by atoms with Gasteiger partial charge in [0.1, 0.15) is 11.5 Å². The first-order chi connectivity index (χ1) is 8.83. The van der Waals surface area contributed by atoms with Crippen LogP contribution < -0.4 is 9.47 Å². The number of hydrogen-bond donors (Lipinski definition) is 0. The Hall–Kier alpha value is -2.29. The Morgan fingerprint density at radius 1 is 1.11 bits per heavy atom. The van der Waals surface area contributed by atoms with Crippen molar-refractivity contribution in [2.75, 3.05) is 6.61 Å². The van der Waals surface area contributed by atoms with E-state index in [0.717, 1.165) is 17.7 Å². The van der Waals surface area contributed by atoms with Gasteiger partial charge in [0.15, 0.2) is 0 Å². The third-order valence-corrected chi connectivity index (χ3v) is 2.88. The molecular formula is C15H12O3. The number of rotatable bonds is 2. The minimum absolute atomic E-state index is 0.337. The number of esters is 1. The van der Waals surface area contributed by atoms with Crippen LogP contribution in [0.4, 0.5) is 0 Å². The summed E-state index contributed by atoms with van der Waals surface area (Å²) < 4.78 is 10.7. The molecule has 0 unspecified atom stereocenters. The Balaban J connectivity index is 1.81. The molecule has 90 valence electrons. The highest BCUT2D eigenvalue weighted by Gasteiger charge is 2.16. The van der Waals surface area contributed by atoms with Crippen LogP contribution in [0.25, 0.3) is 0 Å². The van der Waals surface area contributed by atoms with Gasteiger partial charge in [0.25, 0.3) is 0 Å². The predicted molar refractivity (Wildman–Crippen MR) is 67.0 cm³/mol. The largest absolute Gasteiger partial charge is 0.493 e. The molecule has 0 N–H and O–H groups in total. The predicted octanol–water partition coefficient (Wildman–Crippen LogP) is 2.84. The van der Waals surface area contributed by atoms with E-state index in [4.69, 9.17) is 9.47 Å². The minimum atomic E-state index is -0.337. The maximum atomic E-state index is 12.0. The lowest BCUT2D eigenvalue weighted by Gasteiger charge is -2.05. The first kappa shape index (κ1) is 10.8. The number of hydrogen-bond acceptors (Lipinski definition) is 3. The lowest BCUT2D eigenvalue weighted by molar-refractivity contribution is 0.0734. The molecule has 0 saturated heterocycles. The van der Waals surface area contributed by atoms with Gasteiger partial charge in [-0.3, -0.25) is 0 Å². The van der Waals surface area contributed by atoms with Gasteiger partial charge < -0.3 is 9.47 Å². The summed E-state index contributed by atoms with van der Waals surface area (Å²) in [5.41, 5.74) is 1.63. The van der Waals surface area contributed by atoms with Crippen molar-refractivity contribution in [1.29, 1.82) is 0 Å². The Morgan fingerprint density at radius 2 is 1.94 bits per heavy atom. The Kier molecular flexibility index (Phi) is 2.73. The SMILES string of the molecule is O=C(Oc1ccccc1)c1ccc2c(c1)CCO2. The van der Waals surface area contributed by atoms with Crippen LogP contribution in [0, 0.1) is 0 Å². The summed E-state index contributed by atoms with van der Waals surface area (Å²) in [6.07, 6.45) is 0.849. The summed E-state index contributed by atoms with van der Waals surface area (Å²) in [5.74, 6) is 1.08. The monoisotopic (exact) mass is 240 g/mol. The molecule has 1 aliphatic heterocycles. The number of carbonyl (C=O) groups excluding carboxylic acids is 1. The Labute approximate surface area is 105 Å². The minimum Gasteiger partial charge on any atom is -0.493 e. The molecule has 0 amide bonds. The van der Waals surface area contributed by atoms with Crippen LogP contribution in [0.5, 0.6) is 11.5 Å². The fraction of sp³-hybridized carbons (Fsp3) is 0.133. The summed E-state index contributed by atoms with van der Waals surface area (Å²) >= 11 is 0. The molecule has 0 bridgehead atoms. The van der Waals surface area contributed by atoms with E-state index < -0.39 is 0 Å². The second-order valence-electron chi connectivity index (χ2n) is 4.12. The van der Waals surface area contributed by atoms with Crippen LogP contribution in [-0.4, -0.2) is 12.6 Å². The highest BCUT2D eigenvalue weighted by Crippen LogP contribution is 2.26. The highest BCUT2D eigenvalue weighted by molar-refractivity contribution is 5.91. The number of carbonyl (C=O) groups is 1. The van der Waals surface area contributed by atoms with E-state index in [-0.39, 0.29) is 5.97 Å². The van der Waals surface area contributed by atoms with Gasteiger partial charge in [-0.1, -0.05) is 18.2 Å². The summed E-state index contributed by atoms with van der Waals surface area (Å²) in [6.45, 7) is 0.687. The summed E-state index contributed by atoms with van der Waals surface area (Å²) in [7, 11) is 0. The fourth-order valence-electron chi connectivity index (χ4n) is 1.97. The van der Waals surface area contributed by atoms with Crippen LogP contribution in [-0.2, 0) is 6.42 Å². The molecule has 3 nitrogen and oxygen atoms in total. The smallest absolute Gasteiger partial charge is 0.343 e. The van der Waals surface area contributed by atoms with E-state index in [1.165, 1.54) is 0 Å². The van der Waals surface area contributed by atoms with Crippen molar-refractivity contribution >= 4 is 5.97 Å². The van der Waals surface area contributed by atoms with Gasteiger partial charge in [-0.25, -0.2) is 4.79 Å². The Bertz CT molecular complexity index is 576. The maximum absolute atomic E-state index is 12.0. The van der Waals surface area contributed by atoms with Gasteiger partial charge in [0, 0.05) is 6.42 Å². The quantitative estimate of drug-likeness (QED) is 0.598. The van der Waals surface area contributed by atoms with E-state index >= 15 is 0 Å². The topological polar surface area (TPSA) is 35.5 Å². The van der Waals surface area contributed by atoms with Gasteiger partial charge in [-0.15, -0.1) is 0 Å². The molecule has 3 heteroatoms. The van der Waals surface area contributed by atoms with Crippen LogP contribution in [0.15, 0.2) is 48.5 Å². The molecule has 2 aromatic rings. The van der Waals surface area contributed by atoms with Crippen LogP contribution in [0.1, 0.15) is 15.9 Å². The zero-order valence-electron chi connectivity index (χ0n) is 9.76. The second kappa shape index (κ2) is 4.53. The first-order valence-electron chi connectivity index (χ1n) is 5.86. The summed E-state index contributed by atoms with van der Waals surface area (Å²) in [6, 6.07) is 14.5. The van der Waals surface area contributed by atoms with Gasteiger partial charge in [0.2, 0.25) is 0 Å². The normalized spacial score (nSPS) is 12.7. The molecule has 2 aromatic carbocycles. The molecule has 1 heterocycles. The molecule has 0 atom stereocenters. The standard InChI is InChI=1S/C15H12O3/c16-15(18-13-4-2-1-3-5-13)12-6-7-14-11(10-12)8-9-17-14/h1-7,10H,8-9H2. The molecule has 0 aromatic heterocycles. The molecule has 3 rings (SSSR count). The van der Waals surface area contributed by atoms with Crippen molar-refractivity contribution < 1.29 is 14.3 Å². The highest BCUT2D eigenvalue weighted by atomic mass is 16.5.